The smallest absolute Gasteiger partial charge is 0.193 e. The Morgan fingerprint density at radius 3 is 2.77 bits per heavy atom. The van der Waals surface area contributed by atoms with E-state index in [1.54, 1.807) is 6.26 Å². The second-order valence-corrected chi connectivity index (χ2v) is 9.00. The number of likely N-dealkylation sites (tertiary alicyclic amines) is 1. The van der Waals surface area contributed by atoms with E-state index in [9.17, 15) is 0 Å². The molecule has 2 aromatic rings. The minimum atomic E-state index is 0.373. The van der Waals surface area contributed by atoms with Crippen molar-refractivity contribution in [3.63, 3.8) is 0 Å². The second kappa shape index (κ2) is 10.5. The van der Waals surface area contributed by atoms with Crippen LogP contribution in [0.3, 0.4) is 0 Å². The summed E-state index contributed by atoms with van der Waals surface area (Å²) in [7, 11) is 4.10. The molecule has 0 bridgehead atoms. The first kappa shape index (κ1) is 22.1. The van der Waals surface area contributed by atoms with E-state index >= 15 is 0 Å². The van der Waals surface area contributed by atoms with E-state index in [0.717, 1.165) is 62.5 Å². The highest BCUT2D eigenvalue weighted by Gasteiger charge is 2.31. The van der Waals surface area contributed by atoms with Gasteiger partial charge >= 0.3 is 0 Å². The molecule has 0 aliphatic carbocycles. The van der Waals surface area contributed by atoms with Gasteiger partial charge in [0.15, 0.2) is 5.96 Å². The molecule has 0 spiro atoms. The molecule has 7 nitrogen and oxygen atoms in total. The van der Waals surface area contributed by atoms with Gasteiger partial charge in [0.1, 0.15) is 6.26 Å². The van der Waals surface area contributed by atoms with Crippen molar-refractivity contribution in [1.29, 1.82) is 0 Å². The molecule has 2 atom stereocenters. The number of piperazine rings is 1. The largest absolute Gasteiger partial charge is 0.364 e. The average molecular weight is 445 g/mol. The number of nitrogens with zero attached hydrogens (tertiary/aromatic N) is 5. The highest BCUT2D eigenvalue weighted by molar-refractivity contribution is 6.30. The molecule has 2 fully saturated rings. The summed E-state index contributed by atoms with van der Waals surface area (Å²) in [6.07, 6.45) is 4.06. The molecule has 31 heavy (non-hydrogen) atoms. The SMILES string of the molecule is CN=C(NCC1CCCN(C)C1c1cccc(Cl)c1)N1CCN(Cc2ccon2)CC1. The third-order valence-corrected chi connectivity index (χ3v) is 6.72. The van der Waals surface area contributed by atoms with Crippen LogP contribution in [-0.2, 0) is 6.54 Å². The van der Waals surface area contributed by atoms with Crippen LogP contribution in [0.4, 0.5) is 0 Å². The Morgan fingerprint density at radius 2 is 2.06 bits per heavy atom. The van der Waals surface area contributed by atoms with Crippen LogP contribution in [0.2, 0.25) is 5.02 Å². The van der Waals surface area contributed by atoms with Gasteiger partial charge in [-0.1, -0.05) is 28.9 Å². The van der Waals surface area contributed by atoms with Crippen molar-refractivity contribution >= 4 is 17.6 Å². The van der Waals surface area contributed by atoms with Crippen LogP contribution in [0.15, 0.2) is 46.1 Å². The lowest BCUT2D eigenvalue weighted by Gasteiger charge is -2.41. The fourth-order valence-corrected chi connectivity index (χ4v) is 5.11. The molecule has 1 aromatic heterocycles. The summed E-state index contributed by atoms with van der Waals surface area (Å²) < 4.78 is 4.95. The topological polar surface area (TPSA) is 60.1 Å². The molecule has 4 rings (SSSR count). The Bertz CT molecular complexity index is 850. The summed E-state index contributed by atoms with van der Waals surface area (Å²) in [5, 5.41) is 8.51. The third-order valence-electron chi connectivity index (χ3n) is 6.48. The molecule has 2 saturated heterocycles. The molecule has 0 saturated carbocycles. The van der Waals surface area contributed by atoms with Gasteiger partial charge in [-0.05, 0) is 50.0 Å². The van der Waals surface area contributed by atoms with E-state index in [2.05, 4.69) is 55.4 Å². The lowest BCUT2D eigenvalue weighted by Crippen LogP contribution is -2.53. The zero-order chi connectivity index (χ0) is 21.6. The van der Waals surface area contributed by atoms with Crippen molar-refractivity contribution in [1.82, 2.24) is 25.2 Å². The van der Waals surface area contributed by atoms with Gasteiger partial charge in [0.2, 0.25) is 0 Å². The van der Waals surface area contributed by atoms with Crippen LogP contribution < -0.4 is 5.32 Å². The zero-order valence-corrected chi connectivity index (χ0v) is 19.3. The Kier molecular flexibility index (Phi) is 7.48. The van der Waals surface area contributed by atoms with E-state index in [1.807, 2.05) is 19.2 Å². The van der Waals surface area contributed by atoms with Gasteiger partial charge in [-0.2, -0.15) is 0 Å². The van der Waals surface area contributed by atoms with Crippen LogP contribution in [0, 0.1) is 5.92 Å². The van der Waals surface area contributed by atoms with Crippen LogP contribution in [0.1, 0.15) is 30.1 Å². The van der Waals surface area contributed by atoms with Crippen molar-refractivity contribution in [3.05, 3.63) is 52.9 Å². The summed E-state index contributed by atoms with van der Waals surface area (Å²) in [5.74, 6) is 1.52. The Labute approximate surface area is 190 Å². The van der Waals surface area contributed by atoms with Crippen molar-refractivity contribution in [2.45, 2.75) is 25.4 Å². The van der Waals surface area contributed by atoms with Crippen molar-refractivity contribution in [3.8, 4) is 0 Å². The molecule has 3 heterocycles. The number of hydrogen-bond acceptors (Lipinski definition) is 5. The van der Waals surface area contributed by atoms with Crippen molar-refractivity contribution in [2.75, 3.05) is 53.4 Å². The van der Waals surface area contributed by atoms with Gasteiger partial charge in [0.05, 0.1) is 5.69 Å². The quantitative estimate of drug-likeness (QED) is 0.564. The maximum Gasteiger partial charge on any atom is 0.193 e. The predicted molar refractivity (Wildman–Crippen MR) is 124 cm³/mol. The molecular formula is C23H33ClN6O. The maximum atomic E-state index is 6.29. The molecule has 0 amide bonds. The van der Waals surface area contributed by atoms with E-state index in [-0.39, 0.29) is 0 Å². The number of halogens is 1. The highest BCUT2D eigenvalue weighted by atomic mass is 35.5. The normalized spacial score (nSPS) is 23.8. The first-order chi connectivity index (χ1) is 15.1. The van der Waals surface area contributed by atoms with Crippen LogP contribution in [0.25, 0.3) is 0 Å². The average Bonchev–Trinajstić information content (AvgIpc) is 3.28. The summed E-state index contributed by atoms with van der Waals surface area (Å²) >= 11 is 6.29. The molecule has 1 aromatic carbocycles. The molecule has 0 radical (unpaired) electrons. The van der Waals surface area contributed by atoms with Crippen LogP contribution in [0.5, 0.6) is 0 Å². The van der Waals surface area contributed by atoms with E-state index < -0.39 is 0 Å². The number of piperidine rings is 1. The number of rotatable bonds is 5. The van der Waals surface area contributed by atoms with Gasteiger partial charge in [-0.3, -0.25) is 14.8 Å². The number of benzene rings is 1. The fraction of sp³-hybridized carbons (Fsp3) is 0.565. The number of aromatic nitrogens is 1. The number of hydrogen-bond donors (Lipinski definition) is 1. The van der Waals surface area contributed by atoms with Crippen molar-refractivity contribution in [2.24, 2.45) is 10.9 Å². The lowest BCUT2D eigenvalue weighted by molar-refractivity contribution is 0.121. The number of guanidine groups is 1. The fourth-order valence-electron chi connectivity index (χ4n) is 4.91. The van der Waals surface area contributed by atoms with E-state index in [0.29, 0.717) is 12.0 Å². The molecule has 8 heteroatoms. The van der Waals surface area contributed by atoms with Crippen LogP contribution >= 0.6 is 11.6 Å². The van der Waals surface area contributed by atoms with Crippen LogP contribution in [-0.4, -0.2) is 79.2 Å². The first-order valence-electron chi connectivity index (χ1n) is 11.2. The van der Waals surface area contributed by atoms with Gasteiger partial charge in [0.25, 0.3) is 0 Å². The second-order valence-electron chi connectivity index (χ2n) is 8.56. The number of aliphatic imine (C=N–C) groups is 1. The molecule has 2 aliphatic rings. The van der Waals surface area contributed by atoms with Gasteiger partial charge in [0, 0.05) is 63.4 Å². The highest BCUT2D eigenvalue weighted by Crippen LogP contribution is 2.35. The number of nitrogens with one attached hydrogen (secondary N) is 1. The minimum Gasteiger partial charge on any atom is -0.364 e. The standard InChI is InChI=1S/C23H33ClN6O/c1-25-23(30-12-10-29(11-13-30)17-21-8-14-31-27-21)26-16-19-6-4-9-28(2)22(19)18-5-3-7-20(24)15-18/h3,5,7-8,14-15,19,22H,4,6,9-13,16-17H2,1-2H3,(H,25,26). The molecular weight excluding hydrogens is 412 g/mol. The summed E-state index contributed by atoms with van der Waals surface area (Å²) in [6, 6.07) is 10.6. The summed E-state index contributed by atoms with van der Waals surface area (Å²) in [4.78, 5) is 11.8. The Balaban J connectivity index is 1.33. The molecule has 2 aliphatic heterocycles. The van der Waals surface area contributed by atoms with Gasteiger partial charge < -0.3 is 14.7 Å². The maximum absolute atomic E-state index is 6.29. The third kappa shape index (κ3) is 5.59. The van der Waals surface area contributed by atoms with E-state index in [4.69, 9.17) is 16.1 Å². The minimum absolute atomic E-state index is 0.373. The van der Waals surface area contributed by atoms with Crippen molar-refractivity contribution < 1.29 is 4.52 Å². The molecule has 1 N–H and O–H groups in total. The Morgan fingerprint density at radius 1 is 1.23 bits per heavy atom. The summed E-state index contributed by atoms with van der Waals surface area (Å²) in [5.41, 5.74) is 2.29. The van der Waals surface area contributed by atoms with Gasteiger partial charge in [-0.15, -0.1) is 0 Å². The summed E-state index contributed by atoms with van der Waals surface area (Å²) in [6.45, 7) is 6.77. The monoisotopic (exact) mass is 444 g/mol. The zero-order valence-electron chi connectivity index (χ0n) is 18.5. The first-order valence-corrected chi connectivity index (χ1v) is 11.5. The lowest BCUT2D eigenvalue weighted by atomic mass is 9.85. The van der Waals surface area contributed by atoms with E-state index in [1.165, 1.54) is 18.4 Å². The molecule has 168 valence electrons. The Hall–Kier alpha value is -2.09. The molecule has 2 unspecified atom stereocenters. The van der Waals surface area contributed by atoms with Gasteiger partial charge in [-0.25, -0.2) is 0 Å². The predicted octanol–water partition coefficient (Wildman–Crippen LogP) is 3.10.